The Morgan fingerprint density at radius 3 is 1.75 bits per heavy atom. The van der Waals surface area contributed by atoms with Gasteiger partial charge in [-0.15, -0.1) is 0 Å². The Kier molecular flexibility index (Phi) is 2.37. The second-order valence-corrected chi connectivity index (χ2v) is 2.93. The Morgan fingerprint density at radius 2 is 1.31 bits per heavy atom. The molecule has 2 nitrogen and oxygen atoms in total. The van der Waals surface area contributed by atoms with E-state index < -0.39 is 34.6 Å². The molecule has 1 heterocycles. The van der Waals surface area contributed by atoms with Gasteiger partial charge in [-0.1, -0.05) is 0 Å². The number of hydrogen-bond donors (Lipinski definition) is 1. The molecule has 0 fully saturated rings. The van der Waals surface area contributed by atoms with E-state index in [2.05, 4.69) is 10.2 Å². The highest BCUT2D eigenvalue weighted by Gasteiger charge is 2.26. The molecule has 0 saturated heterocycles. The Labute approximate surface area is 85.7 Å². The second-order valence-electron chi connectivity index (χ2n) is 2.93. The van der Waals surface area contributed by atoms with Crippen LogP contribution in [0.3, 0.4) is 0 Å². The van der Waals surface area contributed by atoms with Gasteiger partial charge in [0.25, 0.3) is 0 Å². The number of nitrogens with one attached hydrogen (secondary N) is 1. The summed E-state index contributed by atoms with van der Waals surface area (Å²) in [6.07, 6.45) is 1.98. The van der Waals surface area contributed by atoms with Crippen LogP contribution in [0, 0.1) is 29.1 Å². The minimum absolute atomic E-state index is 0.215. The molecule has 2 rings (SSSR count). The molecule has 0 radical (unpaired) electrons. The van der Waals surface area contributed by atoms with Gasteiger partial charge >= 0.3 is 0 Å². The molecule has 2 aromatic rings. The summed E-state index contributed by atoms with van der Waals surface area (Å²) in [6, 6.07) is 0. The SMILES string of the molecule is Fc1c(F)c(F)c(-c2cn[nH]c2)c(F)c1F. The first-order chi connectivity index (χ1) is 7.54. The summed E-state index contributed by atoms with van der Waals surface area (Å²) in [6.45, 7) is 0. The molecule has 0 aliphatic carbocycles. The molecule has 0 saturated carbocycles. The number of hydrogen-bond acceptors (Lipinski definition) is 1. The summed E-state index contributed by atoms with van der Waals surface area (Å²) in [5.41, 5.74) is -1.21. The van der Waals surface area contributed by atoms with Crippen molar-refractivity contribution in [3.63, 3.8) is 0 Å². The lowest BCUT2D eigenvalue weighted by Gasteiger charge is -2.05. The van der Waals surface area contributed by atoms with Gasteiger partial charge in [0, 0.05) is 11.8 Å². The first-order valence-electron chi connectivity index (χ1n) is 4.04. The molecule has 84 valence electrons. The first-order valence-corrected chi connectivity index (χ1v) is 4.04. The van der Waals surface area contributed by atoms with E-state index in [0.717, 1.165) is 12.4 Å². The van der Waals surface area contributed by atoms with E-state index in [9.17, 15) is 22.0 Å². The Bertz CT molecular complexity index is 506. The predicted molar refractivity (Wildman–Crippen MR) is 43.8 cm³/mol. The molecular formula is C9H3F5N2. The van der Waals surface area contributed by atoms with E-state index in [1.807, 2.05) is 0 Å². The van der Waals surface area contributed by atoms with E-state index in [1.54, 1.807) is 0 Å². The van der Waals surface area contributed by atoms with Gasteiger partial charge in [-0.05, 0) is 0 Å². The maximum absolute atomic E-state index is 13.2. The average molecular weight is 234 g/mol. The van der Waals surface area contributed by atoms with Crippen LogP contribution in [0.15, 0.2) is 12.4 Å². The summed E-state index contributed by atoms with van der Waals surface area (Å²) >= 11 is 0. The molecular weight excluding hydrogens is 231 g/mol. The van der Waals surface area contributed by atoms with Crippen LogP contribution in [0.2, 0.25) is 0 Å². The number of aromatic amines is 1. The summed E-state index contributed by atoms with van der Waals surface area (Å²) < 4.78 is 64.7. The van der Waals surface area contributed by atoms with Crippen molar-refractivity contribution in [3.05, 3.63) is 41.5 Å². The minimum Gasteiger partial charge on any atom is -0.285 e. The lowest BCUT2D eigenvalue weighted by atomic mass is 10.1. The molecule has 16 heavy (non-hydrogen) atoms. The van der Waals surface area contributed by atoms with Gasteiger partial charge in [-0.25, -0.2) is 22.0 Å². The summed E-state index contributed by atoms with van der Waals surface area (Å²) in [4.78, 5) is 0. The van der Waals surface area contributed by atoms with E-state index in [0.29, 0.717) is 0 Å². The third kappa shape index (κ3) is 1.36. The zero-order valence-electron chi connectivity index (χ0n) is 7.49. The number of halogens is 5. The zero-order chi connectivity index (χ0) is 11.9. The molecule has 0 aliphatic heterocycles. The maximum Gasteiger partial charge on any atom is 0.200 e. The van der Waals surface area contributed by atoms with Crippen LogP contribution in [0.25, 0.3) is 11.1 Å². The van der Waals surface area contributed by atoms with Gasteiger partial charge in [0.2, 0.25) is 5.82 Å². The molecule has 0 bridgehead atoms. The lowest BCUT2D eigenvalue weighted by Crippen LogP contribution is -2.03. The van der Waals surface area contributed by atoms with Crippen LogP contribution in [-0.4, -0.2) is 10.2 Å². The minimum atomic E-state index is -2.18. The molecule has 7 heteroatoms. The number of H-pyrrole nitrogens is 1. The quantitative estimate of drug-likeness (QED) is 0.458. The summed E-state index contributed by atoms with van der Waals surface area (Å²) in [7, 11) is 0. The van der Waals surface area contributed by atoms with Crippen LogP contribution < -0.4 is 0 Å². The molecule has 1 aromatic carbocycles. The fourth-order valence-corrected chi connectivity index (χ4v) is 1.25. The van der Waals surface area contributed by atoms with Crippen LogP contribution in [-0.2, 0) is 0 Å². The van der Waals surface area contributed by atoms with Crippen molar-refractivity contribution in [2.75, 3.05) is 0 Å². The van der Waals surface area contributed by atoms with Crippen molar-refractivity contribution in [3.8, 4) is 11.1 Å². The van der Waals surface area contributed by atoms with Crippen LogP contribution >= 0.6 is 0 Å². The topological polar surface area (TPSA) is 28.7 Å². The van der Waals surface area contributed by atoms with E-state index in [4.69, 9.17) is 0 Å². The fourth-order valence-electron chi connectivity index (χ4n) is 1.25. The molecule has 1 N–H and O–H groups in total. The van der Waals surface area contributed by atoms with Crippen molar-refractivity contribution in [1.29, 1.82) is 0 Å². The fraction of sp³-hybridized carbons (Fsp3) is 0. The van der Waals surface area contributed by atoms with Crippen molar-refractivity contribution in [2.45, 2.75) is 0 Å². The zero-order valence-corrected chi connectivity index (χ0v) is 7.49. The van der Waals surface area contributed by atoms with Crippen LogP contribution in [0.1, 0.15) is 0 Å². The van der Waals surface area contributed by atoms with E-state index >= 15 is 0 Å². The van der Waals surface area contributed by atoms with Gasteiger partial charge in [0.1, 0.15) is 0 Å². The number of rotatable bonds is 1. The summed E-state index contributed by atoms with van der Waals surface area (Å²) in [5, 5.41) is 5.58. The highest BCUT2D eigenvalue weighted by atomic mass is 19.2. The van der Waals surface area contributed by atoms with Crippen molar-refractivity contribution in [2.24, 2.45) is 0 Å². The monoisotopic (exact) mass is 234 g/mol. The van der Waals surface area contributed by atoms with Gasteiger partial charge in [0.05, 0.1) is 11.8 Å². The highest BCUT2D eigenvalue weighted by molar-refractivity contribution is 5.63. The largest absolute Gasteiger partial charge is 0.285 e. The van der Waals surface area contributed by atoms with E-state index in [1.165, 1.54) is 0 Å². The Balaban J connectivity index is 2.81. The van der Waals surface area contributed by atoms with Gasteiger partial charge in [0.15, 0.2) is 23.3 Å². The second kappa shape index (κ2) is 3.58. The van der Waals surface area contributed by atoms with Crippen LogP contribution in [0.4, 0.5) is 22.0 Å². The van der Waals surface area contributed by atoms with Crippen molar-refractivity contribution in [1.82, 2.24) is 10.2 Å². The number of benzene rings is 1. The van der Waals surface area contributed by atoms with Crippen molar-refractivity contribution < 1.29 is 22.0 Å². The molecule has 0 amide bonds. The van der Waals surface area contributed by atoms with Crippen LogP contribution in [0.5, 0.6) is 0 Å². The standard InChI is InChI=1S/C9H3F5N2/c10-5-4(3-1-15-16-2-3)6(11)8(13)9(14)7(5)12/h1-2H,(H,15,16). The highest BCUT2D eigenvalue weighted by Crippen LogP contribution is 2.30. The molecule has 0 atom stereocenters. The van der Waals surface area contributed by atoms with Gasteiger partial charge < -0.3 is 0 Å². The molecule has 0 spiro atoms. The average Bonchev–Trinajstić information content (AvgIpc) is 2.77. The Hall–Kier alpha value is -1.92. The molecule has 0 aliphatic rings. The predicted octanol–water partition coefficient (Wildman–Crippen LogP) is 2.77. The Morgan fingerprint density at radius 1 is 0.812 bits per heavy atom. The maximum atomic E-state index is 13.2. The first kappa shape index (κ1) is 10.6. The summed E-state index contributed by atoms with van der Waals surface area (Å²) in [5.74, 6) is -9.89. The van der Waals surface area contributed by atoms with Gasteiger partial charge in [-0.2, -0.15) is 5.10 Å². The van der Waals surface area contributed by atoms with E-state index in [-0.39, 0.29) is 5.56 Å². The molecule has 1 aromatic heterocycles. The third-order valence-electron chi connectivity index (χ3n) is 2.00. The van der Waals surface area contributed by atoms with Gasteiger partial charge in [-0.3, -0.25) is 5.10 Å². The normalized spacial score (nSPS) is 10.8. The lowest BCUT2D eigenvalue weighted by molar-refractivity contribution is 0.381. The smallest absolute Gasteiger partial charge is 0.200 e. The molecule has 0 unspecified atom stereocenters. The number of aromatic nitrogens is 2. The number of nitrogens with zero attached hydrogens (tertiary/aromatic N) is 1. The van der Waals surface area contributed by atoms with Crippen molar-refractivity contribution >= 4 is 0 Å². The third-order valence-corrected chi connectivity index (χ3v) is 2.00.